The normalized spacial score (nSPS) is 13.0. The van der Waals surface area contributed by atoms with E-state index < -0.39 is 0 Å². The van der Waals surface area contributed by atoms with Gasteiger partial charge in [-0.1, -0.05) is 55.8 Å². The van der Waals surface area contributed by atoms with E-state index in [9.17, 15) is 9.59 Å². The first-order valence-electron chi connectivity index (χ1n) is 8.82. The molecule has 2 atom stereocenters. The van der Waals surface area contributed by atoms with Crippen molar-refractivity contribution in [3.63, 3.8) is 0 Å². The number of hydrogen-bond acceptors (Lipinski definition) is 4. The molecule has 0 saturated heterocycles. The van der Waals surface area contributed by atoms with Crippen LogP contribution in [0.4, 0.5) is 0 Å². The molecule has 2 unspecified atom stereocenters. The van der Waals surface area contributed by atoms with Crippen LogP contribution in [-0.2, 0) is 16.1 Å². The van der Waals surface area contributed by atoms with E-state index in [-0.39, 0.29) is 30.2 Å². The first-order chi connectivity index (χ1) is 12.5. The molecular weight excluding hydrogens is 350 g/mol. The maximum atomic E-state index is 12.2. The Kier molecular flexibility index (Phi) is 7.79. The van der Waals surface area contributed by atoms with Crippen LogP contribution in [0, 0.1) is 11.8 Å². The number of rotatable bonds is 9. The van der Waals surface area contributed by atoms with E-state index in [1.54, 1.807) is 12.1 Å². The van der Waals surface area contributed by atoms with Gasteiger partial charge in [0.1, 0.15) is 12.3 Å². The Labute approximate surface area is 159 Å². The summed E-state index contributed by atoms with van der Waals surface area (Å²) in [5, 5.41) is 0.506. The minimum Gasteiger partial charge on any atom is -0.461 e. The molecular formula is C21H24ClNO3. The number of benzene rings is 1. The summed E-state index contributed by atoms with van der Waals surface area (Å²) >= 11 is 5.88. The first-order valence-corrected chi connectivity index (χ1v) is 9.20. The second kappa shape index (κ2) is 10.1. The molecule has 0 amide bonds. The van der Waals surface area contributed by atoms with Crippen LogP contribution in [-0.4, -0.2) is 16.7 Å². The molecule has 138 valence electrons. The largest absolute Gasteiger partial charge is 0.461 e. The number of aromatic nitrogens is 1. The average molecular weight is 374 g/mol. The van der Waals surface area contributed by atoms with Gasteiger partial charge in [0.25, 0.3) is 0 Å². The molecule has 0 N–H and O–H groups in total. The summed E-state index contributed by atoms with van der Waals surface area (Å²) < 4.78 is 5.39. The van der Waals surface area contributed by atoms with E-state index in [2.05, 4.69) is 4.98 Å². The summed E-state index contributed by atoms with van der Waals surface area (Å²) in [6, 6.07) is 12.8. The van der Waals surface area contributed by atoms with Crippen LogP contribution in [0.3, 0.4) is 0 Å². The van der Waals surface area contributed by atoms with Crippen molar-refractivity contribution in [1.82, 2.24) is 4.98 Å². The van der Waals surface area contributed by atoms with Gasteiger partial charge in [0.2, 0.25) is 0 Å². The third-order valence-electron chi connectivity index (χ3n) is 4.52. The molecule has 0 radical (unpaired) electrons. The van der Waals surface area contributed by atoms with Gasteiger partial charge in [-0.3, -0.25) is 14.6 Å². The molecule has 2 aromatic rings. The second-order valence-corrected chi connectivity index (χ2v) is 6.97. The van der Waals surface area contributed by atoms with Crippen LogP contribution in [0.1, 0.15) is 49.2 Å². The molecule has 0 aliphatic heterocycles. The Bertz CT molecular complexity index is 733. The van der Waals surface area contributed by atoms with E-state index in [0.717, 1.165) is 12.0 Å². The van der Waals surface area contributed by atoms with Gasteiger partial charge in [0.15, 0.2) is 5.78 Å². The molecule has 0 aliphatic carbocycles. The van der Waals surface area contributed by atoms with E-state index in [1.165, 1.54) is 6.20 Å². The Balaban J connectivity index is 1.73. The molecule has 0 saturated carbocycles. The number of nitrogens with zero attached hydrogens (tertiary/aromatic N) is 1. The fourth-order valence-corrected chi connectivity index (χ4v) is 2.77. The Morgan fingerprint density at radius 1 is 1.15 bits per heavy atom. The molecule has 0 aliphatic rings. The molecule has 1 heterocycles. The van der Waals surface area contributed by atoms with Gasteiger partial charge in [-0.25, -0.2) is 0 Å². The lowest BCUT2D eigenvalue weighted by molar-refractivity contribution is -0.151. The Morgan fingerprint density at radius 3 is 2.58 bits per heavy atom. The zero-order chi connectivity index (χ0) is 18.9. The van der Waals surface area contributed by atoms with Gasteiger partial charge in [-0.05, 0) is 36.5 Å². The quantitative estimate of drug-likeness (QED) is 0.453. The highest BCUT2D eigenvalue weighted by atomic mass is 35.5. The molecule has 0 bridgehead atoms. The van der Waals surface area contributed by atoms with Crippen LogP contribution >= 0.6 is 11.6 Å². The molecule has 2 rings (SSSR count). The highest BCUT2D eigenvalue weighted by molar-refractivity contribution is 6.30. The van der Waals surface area contributed by atoms with Crippen LogP contribution in [0.2, 0.25) is 5.02 Å². The van der Waals surface area contributed by atoms with E-state index in [0.29, 0.717) is 23.6 Å². The fraction of sp³-hybridized carbons (Fsp3) is 0.381. The monoisotopic (exact) mass is 373 g/mol. The molecule has 1 aromatic carbocycles. The van der Waals surface area contributed by atoms with Crippen molar-refractivity contribution in [2.24, 2.45) is 11.8 Å². The van der Waals surface area contributed by atoms with Crippen molar-refractivity contribution in [1.29, 1.82) is 0 Å². The number of ether oxygens (including phenoxy) is 1. The van der Waals surface area contributed by atoms with Crippen LogP contribution in [0.25, 0.3) is 0 Å². The second-order valence-electron chi connectivity index (χ2n) is 6.53. The lowest BCUT2D eigenvalue weighted by atomic mass is 9.90. The molecule has 5 heteroatoms. The zero-order valence-corrected chi connectivity index (χ0v) is 15.9. The average Bonchev–Trinajstić information content (AvgIpc) is 2.66. The number of hydrogen-bond donors (Lipinski definition) is 0. The van der Waals surface area contributed by atoms with Gasteiger partial charge in [0.05, 0.1) is 5.92 Å². The number of halogens is 1. The number of pyridine rings is 1. The smallest absolute Gasteiger partial charge is 0.309 e. The maximum Gasteiger partial charge on any atom is 0.309 e. The maximum absolute atomic E-state index is 12.2. The lowest BCUT2D eigenvalue weighted by Gasteiger charge is -2.18. The first kappa shape index (κ1) is 20.1. The summed E-state index contributed by atoms with van der Waals surface area (Å²) in [5.41, 5.74) is 1.36. The standard InChI is InChI=1S/C21H24ClNO3/c1-15(7-6-10-20(24)19-13-18(22)11-12-23-19)16(2)21(25)26-14-17-8-4-3-5-9-17/h3-5,8-9,11-13,15-16H,6-7,10,14H2,1-2H3. The highest BCUT2D eigenvalue weighted by Crippen LogP contribution is 2.21. The number of esters is 1. The predicted molar refractivity (Wildman–Crippen MR) is 102 cm³/mol. The number of carbonyl (C=O) groups is 2. The summed E-state index contributed by atoms with van der Waals surface area (Å²) in [7, 11) is 0. The molecule has 4 nitrogen and oxygen atoms in total. The summed E-state index contributed by atoms with van der Waals surface area (Å²) in [6.45, 7) is 4.17. The molecule has 0 spiro atoms. The van der Waals surface area contributed by atoms with Crippen molar-refractivity contribution >= 4 is 23.4 Å². The topological polar surface area (TPSA) is 56.3 Å². The van der Waals surface area contributed by atoms with E-state index >= 15 is 0 Å². The van der Waals surface area contributed by atoms with Crippen molar-refractivity contribution in [2.45, 2.75) is 39.7 Å². The molecule has 1 aromatic heterocycles. The van der Waals surface area contributed by atoms with Crippen LogP contribution in [0.5, 0.6) is 0 Å². The van der Waals surface area contributed by atoms with E-state index in [1.807, 2.05) is 44.2 Å². The van der Waals surface area contributed by atoms with Gasteiger partial charge in [-0.15, -0.1) is 0 Å². The van der Waals surface area contributed by atoms with E-state index in [4.69, 9.17) is 16.3 Å². The fourth-order valence-electron chi connectivity index (χ4n) is 2.61. The lowest BCUT2D eigenvalue weighted by Crippen LogP contribution is -2.21. The third-order valence-corrected chi connectivity index (χ3v) is 4.76. The Morgan fingerprint density at radius 2 is 1.88 bits per heavy atom. The number of Topliss-reactive ketones (excluding diaryl/α,β-unsaturated/α-hetero) is 1. The molecule has 0 fully saturated rings. The minimum atomic E-state index is -0.210. The Hall–Kier alpha value is -2.20. The number of carbonyl (C=O) groups excluding carboxylic acids is 2. The summed E-state index contributed by atoms with van der Waals surface area (Å²) in [4.78, 5) is 28.4. The predicted octanol–water partition coefficient (Wildman–Crippen LogP) is 5.10. The SMILES string of the molecule is CC(CCCC(=O)c1cc(Cl)ccn1)C(C)C(=O)OCc1ccccc1. The van der Waals surface area contributed by atoms with Crippen molar-refractivity contribution in [3.05, 3.63) is 64.9 Å². The van der Waals surface area contributed by atoms with Crippen LogP contribution in [0.15, 0.2) is 48.7 Å². The van der Waals surface area contributed by atoms with Gasteiger partial charge < -0.3 is 4.74 Å². The minimum absolute atomic E-state index is 0.0287. The molecule has 26 heavy (non-hydrogen) atoms. The van der Waals surface area contributed by atoms with Crippen LogP contribution < -0.4 is 0 Å². The summed E-state index contributed by atoms with van der Waals surface area (Å²) in [6.07, 6.45) is 3.39. The number of ketones is 1. The van der Waals surface area contributed by atoms with Gasteiger partial charge in [0, 0.05) is 17.6 Å². The third kappa shape index (κ3) is 6.26. The van der Waals surface area contributed by atoms with Gasteiger partial charge >= 0.3 is 5.97 Å². The van der Waals surface area contributed by atoms with Gasteiger partial charge in [-0.2, -0.15) is 0 Å². The highest BCUT2D eigenvalue weighted by Gasteiger charge is 2.22. The summed E-state index contributed by atoms with van der Waals surface area (Å²) in [5.74, 6) is -0.306. The zero-order valence-electron chi connectivity index (χ0n) is 15.2. The van der Waals surface area contributed by atoms with Crippen molar-refractivity contribution < 1.29 is 14.3 Å². The van der Waals surface area contributed by atoms with Crippen molar-refractivity contribution in [2.75, 3.05) is 0 Å². The van der Waals surface area contributed by atoms with Crippen molar-refractivity contribution in [3.8, 4) is 0 Å².